The van der Waals surface area contributed by atoms with Crippen LogP contribution in [0.25, 0.3) is 0 Å². The number of aliphatic hydroxyl groups excluding tert-OH is 1. The number of phosphoric ester groups is 1. The van der Waals surface area contributed by atoms with E-state index in [1.54, 1.807) is 13.0 Å². The lowest BCUT2D eigenvalue weighted by atomic mass is 9.85. The SMILES string of the molecule is COC(=O)[C@@H](COP(=O)(O)O[C@H]1O[C@H](C(N)=O)[C@@](C)(O)[C@H](OC(N)=O)[C@H]1O[C@@H]1O[C@H](CO[C@@H]2O[C@H](COC(C)=O)[C@@H](OC(C)=O)[C@H](OC(C)=O)[C@H]2OC(C)=O)[C@@H](O[C@@H]2O[C@H](C)[C@H](O[C@@H]3O[C@H](C(=O)NC4=C(O)CCC4=O)[C@H](OC(C)=O)[C@H](OC(C)=O)[C@H]3OC(C)=O)[C@H](OC(C)=O)[C@H]2NC(C)=O)[C@H](OC(C)=O)[C@H]1NC(C)=O)OC/C=C(/C)CCC=C(C)C. The van der Waals surface area contributed by atoms with Gasteiger partial charge in [-0.15, -0.1) is 0 Å². The number of primary amides is 2. The number of ketones is 1. The zero-order valence-corrected chi connectivity index (χ0v) is 70.4. The van der Waals surface area contributed by atoms with E-state index in [0.29, 0.717) is 12.8 Å². The number of Topliss-reactive ketones (excluding diaryl/α,β-unsaturated/α-hetero) is 1. The van der Waals surface area contributed by atoms with E-state index in [0.717, 1.165) is 101 Å². The van der Waals surface area contributed by atoms with Crippen LogP contribution >= 0.6 is 7.82 Å². The van der Waals surface area contributed by atoms with Crippen LogP contribution < -0.4 is 27.4 Å². The minimum Gasteiger partial charge on any atom is -0.510 e. The summed E-state index contributed by atoms with van der Waals surface area (Å²) in [5.74, 6) is -18.0. The van der Waals surface area contributed by atoms with Crippen molar-refractivity contribution in [1.29, 1.82) is 0 Å². The van der Waals surface area contributed by atoms with Gasteiger partial charge in [-0.1, -0.05) is 23.3 Å². The topological polar surface area (TPSA) is 651 Å². The Morgan fingerprint density at radius 2 is 1.02 bits per heavy atom. The number of rotatable bonds is 37. The summed E-state index contributed by atoms with van der Waals surface area (Å²) in [7, 11) is -4.99. The van der Waals surface area contributed by atoms with Crippen LogP contribution in [0.3, 0.4) is 0 Å². The summed E-state index contributed by atoms with van der Waals surface area (Å²) in [5.41, 5.74) is 9.52. The van der Waals surface area contributed by atoms with Gasteiger partial charge in [-0.25, -0.2) is 14.2 Å². The highest BCUT2D eigenvalue weighted by molar-refractivity contribution is 7.47. The highest BCUT2D eigenvalue weighted by atomic mass is 31.2. The summed E-state index contributed by atoms with van der Waals surface area (Å²) >= 11 is 0. The number of nitrogens with two attached hydrogens (primary N) is 2. The molecular weight excluding hydrogens is 1670 g/mol. The largest absolute Gasteiger partial charge is 0.510 e. The van der Waals surface area contributed by atoms with Crippen molar-refractivity contribution >= 4 is 103 Å². The summed E-state index contributed by atoms with van der Waals surface area (Å²) in [6.07, 6.45) is -48.2. The summed E-state index contributed by atoms with van der Waals surface area (Å²) in [4.78, 5) is 225. The molecule has 0 aromatic heterocycles. The Morgan fingerprint density at radius 3 is 1.52 bits per heavy atom. The first-order valence-electron chi connectivity index (χ1n) is 37.7. The van der Waals surface area contributed by atoms with Crippen molar-refractivity contribution in [3.05, 3.63) is 34.8 Å². The van der Waals surface area contributed by atoms with Crippen molar-refractivity contribution in [3.63, 3.8) is 0 Å². The molecule has 49 heteroatoms. The Morgan fingerprint density at radius 1 is 0.549 bits per heavy atom. The molecule has 48 nitrogen and oxygen atoms in total. The van der Waals surface area contributed by atoms with Crippen LogP contribution in [0.5, 0.6) is 0 Å². The maximum atomic E-state index is 14.5. The summed E-state index contributed by atoms with van der Waals surface area (Å²) in [6, 6.07) is -4.31. The molecule has 1 unspecified atom stereocenters. The third-order valence-corrected chi connectivity index (χ3v) is 19.4. The van der Waals surface area contributed by atoms with E-state index in [4.69, 9.17) is 120 Å². The zero-order valence-electron chi connectivity index (χ0n) is 69.5. The first-order valence-corrected chi connectivity index (χ1v) is 39.2. The molecule has 684 valence electrons. The average molecular weight is 1770 g/mol. The standard InChI is InChI=1S/C73H104N5O43P/c1-28(2)19-18-20-29(3)23-24-100-46(66(94)99-17)27-103-122(97,98)121-71-61(62(120-72(75)95)73(16,96)63(119-71)64(74)92)118-68-49(77-32(6)80)54(107-36(10)84)51(45(113-68)26-102-69-59(111-40(14)88)55(108-37(11)85)52(105-34(8)82)44(114-69)25-101-33(7)81)116-67-48(76-31(5)79)53(106-35(9)83)50(30(4)104-67)115-70-60(112-41(15)89)57(110-39(13)87)56(109-38(12)86)58(117-70)65(93)78-47-42(90)21-22-43(47)91/h19,23,30,44-46,48-63,67-71,90,96H,18,20-22,24-27H2,1-17H3,(H2,74,92)(H2,75,95)(H,76,79)(H,77,80)(H,78,93)(H,97,98)/b29-23-/t30-,44-,45-,46-,48-,49-,50+,51-,52-,53-,54-,55+,56-,57+,58+,59-,60-,61-,62-,63-,67+,68+,69-,70-,71-,73+/m1/s1. The molecule has 6 aliphatic rings. The molecule has 0 aromatic rings. The Labute approximate surface area is 696 Å². The molecule has 0 saturated carbocycles. The lowest BCUT2D eigenvalue weighted by molar-refractivity contribution is -0.375. The quantitative estimate of drug-likeness (QED) is 0.0147. The predicted octanol–water partition coefficient (Wildman–Crippen LogP) is -1.84. The Kier molecular flexibility index (Phi) is 37.3. The molecule has 27 atom stereocenters. The smallest absolute Gasteiger partial charge is 0.474 e. The number of phosphoric acid groups is 1. The van der Waals surface area contributed by atoms with E-state index < -0.39 is 293 Å². The number of methoxy groups -OCH3 is 1. The van der Waals surface area contributed by atoms with Gasteiger partial charge in [0.15, 0.2) is 117 Å². The van der Waals surface area contributed by atoms with E-state index in [-0.39, 0.29) is 19.4 Å². The average Bonchev–Trinajstić information content (AvgIpc) is 0.783. The van der Waals surface area contributed by atoms with E-state index in [2.05, 4.69) is 16.0 Å². The summed E-state index contributed by atoms with van der Waals surface area (Å²) in [5, 5.41) is 30.1. The number of esters is 10. The number of allylic oxidation sites excluding steroid dienone is 5. The van der Waals surface area contributed by atoms with Gasteiger partial charge in [0, 0.05) is 89.0 Å². The van der Waals surface area contributed by atoms with Crippen molar-refractivity contribution in [2.45, 2.75) is 295 Å². The van der Waals surface area contributed by atoms with Gasteiger partial charge in [0.05, 0.1) is 33.0 Å². The summed E-state index contributed by atoms with van der Waals surface area (Å²) in [6.45, 7) is 13.6. The third-order valence-electron chi connectivity index (χ3n) is 18.4. The van der Waals surface area contributed by atoms with E-state index >= 15 is 0 Å². The van der Waals surface area contributed by atoms with Crippen LogP contribution in [0.15, 0.2) is 34.8 Å². The minimum absolute atomic E-state index is 0.229. The van der Waals surface area contributed by atoms with Gasteiger partial charge in [0.2, 0.25) is 17.7 Å². The van der Waals surface area contributed by atoms with Crippen LogP contribution in [0.2, 0.25) is 0 Å². The van der Waals surface area contributed by atoms with E-state index in [9.17, 15) is 96.4 Å². The van der Waals surface area contributed by atoms with E-state index in [1.165, 1.54) is 6.92 Å². The molecule has 122 heavy (non-hydrogen) atoms. The van der Waals surface area contributed by atoms with Gasteiger partial charge >= 0.3 is 73.6 Å². The van der Waals surface area contributed by atoms with Crippen LogP contribution in [0, 0.1) is 0 Å². The first kappa shape index (κ1) is 101. The van der Waals surface area contributed by atoms with Crippen molar-refractivity contribution < 1.29 is 205 Å². The number of carbonyl (C=O) groups is 16. The summed E-state index contributed by atoms with van der Waals surface area (Å²) < 4.78 is 149. The number of ether oxygens (including phenoxy) is 21. The van der Waals surface area contributed by atoms with Gasteiger partial charge in [-0.2, -0.15) is 0 Å². The Balaban J connectivity index is 1.59. The molecule has 1 aliphatic carbocycles. The molecule has 6 rings (SSSR count). The second-order valence-corrected chi connectivity index (χ2v) is 30.3. The molecule has 0 aromatic carbocycles. The lowest BCUT2D eigenvalue weighted by Gasteiger charge is -2.52. The molecule has 5 aliphatic heterocycles. The molecule has 5 saturated heterocycles. The minimum atomic E-state index is -5.93. The highest BCUT2D eigenvalue weighted by Gasteiger charge is 2.64. The maximum Gasteiger partial charge on any atom is 0.474 e. The first-order chi connectivity index (χ1) is 56.9. The fraction of sp³-hybridized carbons (Fsp3) is 0.699. The molecule has 0 radical (unpaired) electrons. The number of nitrogens with one attached hydrogen (secondary N) is 3. The molecule has 0 spiro atoms. The van der Waals surface area contributed by atoms with Crippen molar-refractivity contribution in [2.24, 2.45) is 11.5 Å². The molecule has 10 N–H and O–H groups in total. The van der Waals surface area contributed by atoms with Gasteiger partial charge in [-0.05, 0) is 47.5 Å². The van der Waals surface area contributed by atoms with Crippen molar-refractivity contribution in [3.8, 4) is 0 Å². The number of hydrogen-bond acceptors (Lipinski definition) is 42. The van der Waals surface area contributed by atoms with Gasteiger partial charge in [0.25, 0.3) is 5.91 Å². The van der Waals surface area contributed by atoms with Crippen LogP contribution in [0.4, 0.5) is 4.79 Å². The van der Waals surface area contributed by atoms with Crippen LogP contribution in [-0.2, 0) is 185 Å². The Hall–Kier alpha value is -9.79. The van der Waals surface area contributed by atoms with Crippen LogP contribution in [0.1, 0.15) is 136 Å². The molecule has 5 fully saturated rings. The number of aliphatic hydroxyl groups is 2. The van der Waals surface area contributed by atoms with Gasteiger partial charge < -0.3 is 142 Å². The lowest BCUT2D eigenvalue weighted by Crippen LogP contribution is -2.73. The molecular formula is C73H104N5O43P. The number of carbonyl (C=O) groups excluding carboxylic acids is 16. The predicted molar refractivity (Wildman–Crippen MR) is 393 cm³/mol. The highest BCUT2D eigenvalue weighted by Crippen LogP contribution is 2.49. The second kappa shape index (κ2) is 45.0. The maximum absolute atomic E-state index is 14.5. The molecule has 5 heterocycles. The molecule has 5 amide bonds. The number of amides is 5. The number of hydrogen-bond donors (Lipinski definition) is 8. The monoisotopic (exact) mass is 1770 g/mol. The van der Waals surface area contributed by atoms with Crippen LogP contribution in [-0.4, -0.2) is 303 Å². The van der Waals surface area contributed by atoms with Gasteiger partial charge in [0.1, 0.15) is 60.2 Å². The zero-order chi connectivity index (χ0) is 91.4. The van der Waals surface area contributed by atoms with Crippen molar-refractivity contribution in [1.82, 2.24) is 16.0 Å². The van der Waals surface area contributed by atoms with Crippen molar-refractivity contribution in [2.75, 3.05) is 33.5 Å². The van der Waals surface area contributed by atoms with E-state index in [1.807, 2.05) is 19.9 Å². The fourth-order valence-electron chi connectivity index (χ4n) is 13.6. The third kappa shape index (κ3) is 28.6. The Bertz CT molecular complexity index is 4000. The molecule has 0 bridgehead atoms. The normalized spacial score (nSPS) is 32.2. The second-order valence-electron chi connectivity index (χ2n) is 28.9. The fourth-order valence-corrected chi connectivity index (χ4v) is 14.4. The van der Waals surface area contributed by atoms with Gasteiger partial charge in [-0.3, -0.25) is 76.2 Å².